The normalized spacial score (nSPS) is 12.4. The minimum Gasteiger partial charge on any atom is -0.504 e. The molecule has 8 nitrogen and oxygen atoms in total. The number of anilines is 2. The van der Waals surface area contributed by atoms with E-state index in [1.54, 1.807) is 12.1 Å². The van der Waals surface area contributed by atoms with Crippen LogP contribution in [0.3, 0.4) is 0 Å². The zero-order valence-electron chi connectivity index (χ0n) is 14.0. The SMILES string of the molecule is COc1cc2ncnc(Nc3c(CCO)ccc4c3OCO4)c2cc1O. The van der Waals surface area contributed by atoms with Crippen molar-refractivity contribution in [3.8, 4) is 23.0 Å². The summed E-state index contributed by atoms with van der Waals surface area (Å²) in [5.41, 5.74) is 2.15. The van der Waals surface area contributed by atoms with Gasteiger partial charge >= 0.3 is 0 Å². The molecule has 0 spiro atoms. The number of hydrogen-bond acceptors (Lipinski definition) is 8. The lowest BCUT2D eigenvalue weighted by molar-refractivity contribution is 0.174. The molecule has 0 saturated heterocycles. The Morgan fingerprint density at radius 1 is 1.23 bits per heavy atom. The van der Waals surface area contributed by atoms with E-state index in [9.17, 15) is 10.2 Å². The second-order valence-electron chi connectivity index (χ2n) is 5.70. The van der Waals surface area contributed by atoms with E-state index >= 15 is 0 Å². The van der Waals surface area contributed by atoms with E-state index in [2.05, 4.69) is 15.3 Å². The number of nitrogens with zero attached hydrogens (tertiary/aromatic N) is 2. The number of benzene rings is 2. The molecule has 134 valence electrons. The highest BCUT2D eigenvalue weighted by molar-refractivity contribution is 5.94. The highest BCUT2D eigenvalue weighted by Crippen LogP contribution is 2.43. The number of aromatic nitrogens is 2. The van der Waals surface area contributed by atoms with E-state index in [0.29, 0.717) is 46.1 Å². The second kappa shape index (κ2) is 6.57. The summed E-state index contributed by atoms with van der Waals surface area (Å²) in [6.45, 7) is 0.131. The van der Waals surface area contributed by atoms with Crippen molar-refractivity contribution < 1.29 is 24.4 Å². The number of methoxy groups -OCH3 is 1. The third-order valence-electron chi connectivity index (χ3n) is 4.19. The predicted molar refractivity (Wildman–Crippen MR) is 94.4 cm³/mol. The van der Waals surface area contributed by atoms with Gasteiger partial charge in [-0.25, -0.2) is 9.97 Å². The summed E-state index contributed by atoms with van der Waals surface area (Å²) in [6.07, 6.45) is 1.87. The van der Waals surface area contributed by atoms with Gasteiger partial charge < -0.3 is 29.7 Å². The van der Waals surface area contributed by atoms with E-state index in [0.717, 1.165) is 5.56 Å². The topological polar surface area (TPSA) is 106 Å². The number of aliphatic hydroxyl groups excluding tert-OH is 1. The molecule has 0 aliphatic carbocycles. The maximum atomic E-state index is 10.1. The van der Waals surface area contributed by atoms with Gasteiger partial charge in [-0.1, -0.05) is 6.07 Å². The summed E-state index contributed by atoms with van der Waals surface area (Å²) >= 11 is 0. The van der Waals surface area contributed by atoms with Gasteiger partial charge in [0.05, 0.1) is 18.3 Å². The van der Waals surface area contributed by atoms with Crippen molar-refractivity contribution in [2.45, 2.75) is 6.42 Å². The lowest BCUT2D eigenvalue weighted by atomic mass is 10.1. The predicted octanol–water partition coefficient (Wildman–Crippen LogP) is 2.35. The molecule has 26 heavy (non-hydrogen) atoms. The van der Waals surface area contributed by atoms with Crippen molar-refractivity contribution in [3.63, 3.8) is 0 Å². The molecule has 3 N–H and O–H groups in total. The first kappa shape index (κ1) is 16.2. The van der Waals surface area contributed by atoms with Crippen molar-refractivity contribution in [3.05, 3.63) is 36.2 Å². The molecule has 1 aliphatic rings. The van der Waals surface area contributed by atoms with Crippen molar-refractivity contribution in [2.24, 2.45) is 0 Å². The first-order valence-electron chi connectivity index (χ1n) is 8.02. The van der Waals surface area contributed by atoms with Crippen molar-refractivity contribution >= 4 is 22.4 Å². The maximum absolute atomic E-state index is 10.1. The molecule has 0 saturated carbocycles. The molecule has 0 unspecified atom stereocenters. The van der Waals surface area contributed by atoms with Gasteiger partial charge in [-0.15, -0.1) is 0 Å². The van der Waals surface area contributed by atoms with Crippen LogP contribution in [0.25, 0.3) is 10.9 Å². The number of nitrogens with one attached hydrogen (secondary N) is 1. The smallest absolute Gasteiger partial charge is 0.231 e. The number of phenols is 1. The fraction of sp³-hybridized carbons (Fsp3) is 0.222. The molecular formula is C18H17N3O5. The Kier molecular flexibility index (Phi) is 4.10. The third kappa shape index (κ3) is 2.70. The molecule has 4 rings (SSSR count). The Balaban J connectivity index is 1.83. The number of hydrogen-bond donors (Lipinski definition) is 3. The fourth-order valence-corrected chi connectivity index (χ4v) is 2.93. The quantitative estimate of drug-likeness (QED) is 0.640. The minimum absolute atomic E-state index is 0.00314. The Hall–Kier alpha value is -3.26. The van der Waals surface area contributed by atoms with Crippen LogP contribution in [-0.4, -0.2) is 40.7 Å². The van der Waals surface area contributed by atoms with Gasteiger partial charge in [-0.3, -0.25) is 0 Å². The Morgan fingerprint density at radius 3 is 2.92 bits per heavy atom. The fourth-order valence-electron chi connectivity index (χ4n) is 2.93. The molecule has 0 radical (unpaired) electrons. The summed E-state index contributed by atoms with van der Waals surface area (Å²) in [6, 6.07) is 6.87. The number of rotatable bonds is 5. The third-order valence-corrected chi connectivity index (χ3v) is 4.19. The molecule has 0 bridgehead atoms. The summed E-state index contributed by atoms with van der Waals surface area (Å²) in [5, 5.41) is 23.3. The summed E-state index contributed by atoms with van der Waals surface area (Å²) in [5.74, 6) is 2.01. The van der Waals surface area contributed by atoms with Crippen molar-refractivity contribution in [1.29, 1.82) is 0 Å². The first-order chi connectivity index (χ1) is 12.7. The highest BCUT2D eigenvalue weighted by atomic mass is 16.7. The van der Waals surface area contributed by atoms with Crippen LogP contribution >= 0.6 is 0 Å². The van der Waals surface area contributed by atoms with Crippen LogP contribution in [-0.2, 0) is 6.42 Å². The molecular weight excluding hydrogens is 338 g/mol. The van der Waals surface area contributed by atoms with Gasteiger partial charge in [0.2, 0.25) is 6.79 Å². The van der Waals surface area contributed by atoms with E-state index in [4.69, 9.17) is 14.2 Å². The van der Waals surface area contributed by atoms with Gasteiger partial charge in [-0.05, 0) is 24.1 Å². The van der Waals surface area contributed by atoms with Crippen molar-refractivity contribution in [1.82, 2.24) is 9.97 Å². The van der Waals surface area contributed by atoms with Crippen LogP contribution < -0.4 is 19.5 Å². The number of fused-ring (bicyclic) bond motifs is 2. The van der Waals surface area contributed by atoms with E-state index < -0.39 is 0 Å². The molecule has 1 aliphatic heterocycles. The standard InChI is InChI=1S/C18H17N3O5/c1-24-15-7-12-11(6-13(15)23)18(20-8-19-12)21-16-10(4-5-22)2-3-14-17(16)26-9-25-14/h2-3,6-8,22-23H,4-5,9H2,1H3,(H,19,20,21). The summed E-state index contributed by atoms with van der Waals surface area (Å²) in [7, 11) is 1.48. The summed E-state index contributed by atoms with van der Waals surface area (Å²) in [4.78, 5) is 8.52. The molecule has 0 amide bonds. The lowest BCUT2D eigenvalue weighted by Crippen LogP contribution is -2.03. The molecule has 3 aromatic rings. The molecule has 1 aromatic heterocycles. The van der Waals surface area contributed by atoms with Gasteiger partial charge in [-0.2, -0.15) is 0 Å². The van der Waals surface area contributed by atoms with Crippen LogP contribution in [0.1, 0.15) is 5.56 Å². The largest absolute Gasteiger partial charge is 0.504 e. The van der Waals surface area contributed by atoms with Crippen LogP contribution in [0.15, 0.2) is 30.6 Å². The van der Waals surface area contributed by atoms with Crippen molar-refractivity contribution in [2.75, 3.05) is 25.8 Å². The molecule has 0 fully saturated rings. The Morgan fingerprint density at radius 2 is 2.12 bits per heavy atom. The van der Waals surface area contributed by atoms with E-state index in [1.165, 1.54) is 13.4 Å². The van der Waals surface area contributed by atoms with Gasteiger partial charge in [0.1, 0.15) is 12.1 Å². The zero-order valence-corrected chi connectivity index (χ0v) is 14.0. The van der Waals surface area contributed by atoms with Crippen LogP contribution in [0.4, 0.5) is 11.5 Å². The average Bonchev–Trinajstić information content (AvgIpc) is 3.12. The first-order valence-corrected chi connectivity index (χ1v) is 8.02. The number of aromatic hydroxyl groups is 1. The van der Waals surface area contributed by atoms with Crippen LogP contribution in [0.5, 0.6) is 23.0 Å². The monoisotopic (exact) mass is 355 g/mol. The number of aliphatic hydroxyl groups is 1. The number of ether oxygens (including phenoxy) is 3. The molecule has 2 heterocycles. The van der Waals surface area contributed by atoms with Crippen LogP contribution in [0, 0.1) is 0 Å². The maximum Gasteiger partial charge on any atom is 0.231 e. The molecule has 2 aromatic carbocycles. The average molecular weight is 355 g/mol. The number of phenolic OH excluding ortho intramolecular Hbond substituents is 1. The summed E-state index contributed by atoms with van der Waals surface area (Å²) < 4.78 is 16.1. The Bertz CT molecular complexity index is 977. The van der Waals surface area contributed by atoms with Gasteiger partial charge in [0, 0.05) is 18.1 Å². The van der Waals surface area contributed by atoms with Crippen LogP contribution in [0.2, 0.25) is 0 Å². The van der Waals surface area contributed by atoms with Gasteiger partial charge in [0.15, 0.2) is 23.0 Å². The van der Waals surface area contributed by atoms with E-state index in [1.807, 2.05) is 12.1 Å². The highest BCUT2D eigenvalue weighted by Gasteiger charge is 2.22. The lowest BCUT2D eigenvalue weighted by Gasteiger charge is -2.15. The van der Waals surface area contributed by atoms with Gasteiger partial charge in [0.25, 0.3) is 0 Å². The second-order valence-corrected chi connectivity index (χ2v) is 5.70. The van der Waals surface area contributed by atoms with E-state index in [-0.39, 0.29) is 19.1 Å². The Labute approximate surface area is 149 Å². The minimum atomic E-state index is -0.00805. The molecule has 8 heteroatoms. The molecule has 0 atom stereocenters. The zero-order chi connectivity index (χ0) is 18.1.